The van der Waals surface area contributed by atoms with Gasteiger partial charge in [0.15, 0.2) is 12.6 Å². The summed E-state index contributed by atoms with van der Waals surface area (Å²) in [5, 5.41) is 81.2. The highest BCUT2D eigenvalue weighted by Gasteiger charge is 2.58. The monoisotopic (exact) mass is 1110 g/mol. The topological polar surface area (TPSA) is 338 Å². The van der Waals surface area contributed by atoms with Crippen LogP contribution in [0.25, 0.3) is 0 Å². The first-order chi connectivity index (χ1) is 36.3. The zero-order chi connectivity index (χ0) is 56.4. The third-order valence-corrected chi connectivity index (χ3v) is 15.1. The Morgan fingerprint density at radius 1 is 0.632 bits per heavy atom. The van der Waals surface area contributed by atoms with Crippen molar-refractivity contribution in [1.29, 1.82) is 0 Å². The summed E-state index contributed by atoms with van der Waals surface area (Å²) < 4.78 is 39.9. The van der Waals surface area contributed by atoms with Gasteiger partial charge in [-0.2, -0.15) is 0 Å². The van der Waals surface area contributed by atoms with E-state index in [2.05, 4.69) is 31.4 Å². The molecule has 2 aliphatic heterocycles. The van der Waals surface area contributed by atoms with Crippen LogP contribution in [0, 0.1) is 0 Å². The molecule has 76 heavy (non-hydrogen) atoms. The van der Waals surface area contributed by atoms with Crippen LogP contribution in [0.1, 0.15) is 233 Å². The molecule has 446 valence electrons. The van der Waals surface area contributed by atoms with Gasteiger partial charge in [0.1, 0.15) is 54.3 Å². The average Bonchev–Trinajstić information content (AvgIpc) is 3.35. The predicted molar refractivity (Wildman–Crippen MR) is 283 cm³/mol. The lowest BCUT2D eigenvalue weighted by Gasteiger charge is -2.49. The number of esters is 1. The van der Waals surface area contributed by atoms with Gasteiger partial charge in [-0.15, -0.1) is 0 Å². The Morgan fingerprint density at radius 2 is 1.12 bits per heavy atom. The molecule has 0 aliphatic carbocycles. The minimum Gasteiger partial charge on any atom is -0.481 e. The van der Waals surface area contributed by atoms with Crippen molar-refractivity contribution in [3.05, 3.63) is 0 Å². The second kappa shape index (κ2) is 39.9. The molecule has 0 saturated carbocycles. The molecule has 2 saturated heterocycles. The number of aliphatic hydroxyl groups excluding tert-OH is 6. The Kier molecular flexibility index (Phi) is 36.6. The number of carboxylic acids is 1. The molecule has 22 heteroatoms. The molecule has 0 aromatic rings. The number of unbranched alkanes of at least 4 members (excludes halogenated alkanes) is 24. The smallest absolute Gasteiger partial charge is 0.470 e. The summed E-state index contributed by atoms with van der Waals surface area (Å²) in [4.78, 5) is 71.8. The fourth-order valence-electron chi connectivity index (χ4n) is 10.1. The van der Waals surface area contributed by atoms with Crippen LogP contribution < -0.4 is 10.6 Å². The van der Waals surface area contributed by atoms with Crippen LogP contribution in [0.3, 0.4) is 0 Å². The maximum atomic E-state index is 13.9. The first-order valence-corrected chi connectivity index (χ1v) is 30.5. The van der Waals surface area contributed by atoms with E-state index < -0.39 is 131 Å². The molecule has 2 fully saturated rings. The number of carbonyl (C=O) groups is 4. The number of carbonyl (C=O) groups excluding carboxylic acids is 3. The first-order valence-electron chi connectivity index (χ1n) is 29.0. The van der Waals surface area contributed by atoms with Gasteiger partial charge in [-0.05, 0) is 25.7 Å². The molecule has 0 aromatic carbocycles. The maximum absolute atomic E-state index is 13.9. The first kappa shape index (κ1) is 69.7. The number of hydrogen-bond acceptors (Lipinski definition) is 16. The van der Waals surface area contributed by atoms with Crippen LogP contribution in [-0.2, 0) is 47.2 Å². The molecule has 0 bridgehead atoms. The summed E-state index contributed by atoms with van der Waals surface area (Å²) in [6, 6.07) is -1.72. The summed E-state index contributed by atoms with van der Waals surface area (Å²) in [6.45, 7) is 4.69. The second-order valence-corrected chi connectivity index (χ2v) is 22.5. The summed E-state index contributed by atoms with van der Waals surface area (Å²) in [5.74, 6) is -3.78. The van der Waals surface area contributed by atoms with Crippen molar-refractivity contribution >= 4 is 31.6 Å². The van der Waals surface area contributed by atoms with E-state index in [0.717, 1.165) is 89.9 Å². The van der Waals surface area contributed by atoms with Gasteiger partial charge in [-0.3, -0.25) is 23.7 Å². The Balaban J connectivity index is 2.20. The molecule has 2 heterocycles. The van der Waals surface area contributed by atoms with Crippen molar-refractivity contribution in [2.75, 3.05) is 13.2 Å². The summed E-state index contributed by atoms with van der Waals surface area (Å²) in [7, 11) is -5.36. The normalized spacial score (nSPS) is 25.7. The number of nitrogens with one attached hydrogen (secondary N) is 2. The van der Waals surface area contributed by atoms with Gasteiger partial charge in [-0.25, -0.2) is 4.57 Å². The van der Waals surface area contributed by atoms with E-state index in [1.54, 1.807) is 0 Å². The number of phosphoric ester groups is 1. The van der Waals surface area contributed by atoms with Crippen molar-refractivity contribution in [2.24, 2.45) is 0 Å². The largest absolute Gasteiger partial charge is 0.481 e. The van der Waals surface area contributed by atoms with E-state index in [0.29, 0.717) is 25.7 Å². The zero-order valence-corrected chi connectivity index (χ0v) is 47.0. The van der Waals surface area contributed by atoms with Crippen molar-refractivity contribution in [3.8, 4) is 0 Å². The Labute approximate surface area is 452 Å². The third kappa shape index (κ3) is 28.2. The molecule has 2 aliphatic rings. The lowest BCUT2D eigenvalue weighted by Crippen LogP contribution is -2.74. The zero-order valence-electron chi connectivity index (χ0n) is 46.2. The molecule has 2 rings (SSSR count). The molecule has 11 N–H and O–H groups in total. The molecule has 2 amide bonds. The highest BCUT2D eigenvalue weighted by Crippen LogP contribution is 2.42. The molecular weight excluding hydrogens is 1010 g/mol. The van der Waals surface area contributed by atoms with E-state index in [9.17, 15) is 69.3 Å². The van der Waals surface area contributed by atoms with E-state index in [1.807, 2.05) is 0 Å². The lowest BCUT2D eigenvalue weighted by molar-refractivity contribution is -0.310. The number of rotatable bonds is 45. The molecule has 0 spiro atoms. The fraction of sp³-hybridized carbons (Fsp3) is 0.926. The molecule has 0 aromatic heterocycles. The van der Waals surface area contributed by atoms with Gasteiger partial charge < -0.3 is 75.1 Å². The highest BCUT2D eigenvalue weighted by molar-refractivity contribution is 7.46. The van der Waals surface area contributed by atoms with Gasteiger partial charge in [0.05, 0.1) is 38.6 Å². The van der Waals surface area contributed by atoms with Crippen molar-refractivity contribution in [2.45, 2.75) is 306 Å². The SMILES string of the molecule is CCCCCCCCCCCC(=O)O[C@H](CCCCCCCCCCC)CC(=O)N[C@@H]1[C@H](OC[C@H]2O[C@H](O)[C@@](CC(=O)O)(NC(=O)C[C@H](O)CCCCCCCCCCC)[C@@H](O)[C@@H]2O)O[C@H](CO)[C@@H](OP(=O)(O)O)[C@@H]1O. The van der Waals surface area contributed by atoms with Gasteiger partial charge in [0.25, 0.3) is 0 Å². The number of amides is 2. The van der Waals surface area contributed by atoms with Crippen LogP contribution in [-0.4, -0.2) is 155 Å². The molecule has 0 radical (unpaired) electrons. The molecule has 21 nitrogen and oxygen atoms in total. The van der Waals surface area contributed by atoms with Crippen molar-refractivity contribution < 1.29 is 92.7 Å². The van der Waals surface area contributed by atoms with Crippen molar-refractivity contribution in [3.63, 3.8) is 0 Å². The third-order valence-electron chi connectivity index (χ3n) is 14.5. The number of aliphatic carboxylic acids is 1. The summed E-state index contributed by atoms with van der Waals surface area (Å²) in [6.07, 6.45) is 9.16. The van der Waals surface area contributed by atoms with E-state index >= 15 is 0 Å². The van der Waals surface area contributed by atoms with E-state index in [1.165, 1.54) is 64.2 Å². The standard InChI is InChI=1S/C54H101N2O19P/c1-4-7-10-13-16-19-22-25-28-31-39(58)34-44(60)56-54(36-45(61)62)51(66)48(64)42(74-53(54)67)38-71-52-47(49(65)50(41(37-57)73-52)75-76(68,69)70)55-43(59)35-40(32-29-26-23-20-17-14-11-8-5-2)72-46(63)33-30-27-24-21-18-15-12-9-6-3/h39-42,47-53,57-58,64-67H,4-38H2,1-3H3,(H,55,59)(H,56,60)(H,61,62)(H2,68,69,70)/t39-,40-,41-,42-,47+,48-,49-,50-,51+,52-,53+,54+/m1/s1. The number of hydrogen-bond donors (Lipinski definition) is 11. The van der Waals surface area contributed by atoms with Crippen LogP contribution >= 0.6 is 7.82 Å². The van der Waals surface area contributed by atoms with Crippen LogP contribution in [0.15, 0.2) is 0 Å². The van der Waals surface area contributed by atoms with E-state index in [-0.39, 0.29) is 19.3 Å². The minimum atomic E-state index is -5.36. The number of ether oxygens (including phenoxy) is 4. The second-order valence-electron chi connectivity index (χ2n) is 21.3. The Morgan fingerprint density at radius 3 is 1.61 bits per heavy atom. The Hall–Kier alpha value is -2.37. The molecule has 12 atom stereocenters. The minimum absolute atomic E-state index is 0.158. The van der Waals surface area contributed by atoms with Crippen LogP contribution in [0.4, 0.5) is 0 Å². The van der Waals surface area contributed by atoms with Crippen molar-refractivity contribution in [1.82, 2.24) is 10.6 Å². The number of aliphatic hydroxyl groups is 6. The van der Waals surface area contributed by atoms with Gasteiger partial charge in [0.2, 0.25) is 11.8 Å². The Bertz CT molecular complexity index is 1630. The van der Waals surface area contributed by atoms with Crippen LogP contribution in [0.2, 0.25) is 0 Å². The van der Waals surface area contributed by atoms with Gasteiger partial charge in [0, 0.05) is 6.42 Å². The highest BCUT2D eigenvalue weighted by atomic mass is 31.2. The quantitative estimate of drug-likeness (QED) is 0.0173. The number of carboxylic acid groups (broad SMARTS) is 1. The average molecular weight is 1110 g/mol. The van der Waals surface area contributed by atoms with Gasteiger partial charge in [-0.1, -0.05) is 181 Å². The molecular formula is C54H101N2O19P. The predicted octanol–water partition coefficient (Wildman–Crippen LogP) is 6.63. The van der Waals surface area contributed by atoms with E-state index in [4.69, 9.17) is 23.5 Å². The lowest BCUT2D eigenvalue weighted by atomic mass is 9.80. The maximum Gasteiger partial charge on any atom is 0.470 e. The summed E-state index contributed by atoms with van der Waals surface area (Å²) >= 11 is 0. The fourth-order valence-corrected chi connectivity index (χ4v) is 10.7. The summed E-state index contributed by atoms with van der Waals surface area (Å²) in [5.41, 5.74) is -2.51. The number of phosphoric acid groups is 1. The molecule has 0 unspecified atom stereocenters. The van der Waals surface area contributed by atoms with Gasteiger partial charge >= 0.3 is 19.8 Å². The van der Waals surface area contributed by atoms with Crippen LogP contribution in [0.5, 0.6) is 0 Å².